The van der Waals surface area contributed by atoms with Gasteiger partial charge in [0.25, 0.3) is 0 Å². The normalized spacial score (nSPS) is 25.6. The summed E-state index contributed by atoms with van der Waals surface area (Å²) in [6, 6.07) is 7.82. The molecule has 0 saturated carbocycles. The molecular formula is C19H25N5O2S. The SMILES string of the molecule is Cc1cccc(CN2CCS(=O)(=O)[C@@H]3CCN(c4ncccn4)CC[C@@H]32)n1. The maximum absolute atomic E-state index is 12.8. The smallest absolute Gasteiger partial charge is 0.225 e. The van der Waals surface area contributed by atoms with Crippen molar-refractivity contribution in [2.45, 2.75) is 37.6 Å². The van der Waals surface area contributed by atoms with Crippen LogP contribution in [0.2, 0.25) is 0 Å². The molecule has 2 aliphatic heterocycles. The van der Waals surface area contributed by atoms with Crippen molar-refractivity contribution in [1.82, 2.24) is 19.9 Å². The van der Waals surface area contributed by atoms with Gasteiger partial charge in [-0.05, 0) is 38.0 Å². The van der Waals surface area contributed by atoms with Gasteiger partial charge in [0.2, 0.25) is 5.95 Å². The first-order valence-corrected chi connectivity index (χ1v) is 11.1. The predicted molar refractivity (Wildman–Crippen MR) is 104 cm³/mol. The lowest BCUT2D eigenvalue weighted by molar-refractivity contribution is 0.173. The Kier molecular flexibility index (Phi) is 5.10. The van der Waals surface area contributed by atoms with Crippen LogP contribution in [0, 0.1) is 6.92 Å². The molecule has 4 rings (SSSR count). The first kappa shape index (κ1) is 18.3. The van der Waals surface area contributed by atoms with Gasteiger partial charge in [0.15, 0.2) is 9.84 Å². The van der Waals surface area contributed by atoms with E-state index in [4.69, 9.17) is 0 Å². The highest BCUT2D eigenvalue weighted by molar-refractivity contribution is 7.92. The number of hydrogen-bond donors (Lipinski definition) is 0. The lowest BCUT2D eigenvalue weighted by Crippen LogP contribution is -2.54. The van der Waals surface area contributed by atoms with Gasteiger partial charge in [-0.15, -0.1) is 0 Å². The standard InChI is InChI=1S/C19H25N5O2S/c1-15-4-2-5-16(22-15)14-24-12-13-27(25,26)18-7-11-23(10-6-17(18)24)19-20-8-3-9-21-19/h2-5,8-9,17-18H,6-7,10-14H2,1H3/t17-,18+/m0/s1. The zero-order valence-electron chi connectivity index (χ0n) is 15.5. The van der Waals surface area contributed by atoms with Crippen LogP contribution in [0.3, 0.4) is 0 Å². The van der Waals surface area contributed by atoms with Gasteiger partial charge in [0.1, 0.15) is 0 Å². The van der Waals surface area contributed by atoms with Crippen molar-refractivity contribution in [3.63, 3.8) is 0 Å². The van der Waals surface area contributed by atoms with Crippen LogP contribution in [0.5, 0.6) is 0 Å². The van der Waals surface area contributed by atoms with Gasteiger partial charge in [0.05, 0.1) is 16.7 Å². The van der Waals surface area contributed by atoms with Crippen molar-refractivity contribution in [2.24, 2.45) is 0 Å². The summed E-state index contributed by atoms with van der Waals surface area (Å²) in [6.45, 7) is 4.68. The van der Waals surface area contributed by atoms with E-state index in [1.54, 1.807) is 18.5 Å². The Balaban J connectivity index is 1.56. The summed E-state index contributed by atoms with van der Waals surface area (Å²) in [5.41, 5.74) is 1.99. The van der Waals surface area contributed by atoms with Crippen LogP contribution in [0.25, 0.3) is 0 Å². The molecule has 0 N–H and O–H groups in total. The lowest BCUT2D eigenvalue weighted by atomic mass is 10.1. The molecule has 144 valence electrons. The Morgan fingerprint density at radius 2 is 1.85 bits per heavy atom. The second kappa shape index (κ2) is 7.52. The molecule has 0 unspecified atom stereocenters. The molecule has 0 radical (unpaired) electrons. The Morgan fingerprint density at radius 3 is 2.63 bits per heavy atom. The highest BCUT2D eigenvalue weighted by atomic mass is 32.2. The molecular weight excluding hydrogens is 362 g/mol. The summed E-state index contributed by atoms with van der Waals surface area (Å²) in [4.78, 5) is 17.7. The topological polar surface area (TPSA) is 79.3 Å². The van der Waals surface area contributed by atoms with Gasteiger partial charge in [0, 0.05) is 50.3 Å². The van der Waals surface area contributed by atoms with Gasteiger partial charge in [-0.3, -0.25) is 9.88 Å². The fourth-order valence-corrected chi connectivity index (χ4v) is 6.25. The molecule has 4 heterocycles. The second-order valence-electron chi connectivity index (χ2n) is 7.33. The molecule has 2 aliphatic rings. The molecule has 2 atom stereocenters. The summed E-state index contributed by atoms with van der Waals surface area (Å²) >= 11 is 0. The number of hydrogen-bond acceptors (Lipinski definition) is 7. The molecule has 0 aromatic carbocycles. The number of anilines is 1. The fourth-order valence-electron chi connectivity index (χ4n) is 4.21. The average molecular weight is 388 g/mol. The summed E-state index contributed by atoms with van der Waals surface area (Å²) in [6.07, 6.45) is 4.86. The minimum Gasteiger partial charge on any atom is -0.341 e. The van der Waals surface area contributed by atoms with E-state index in [-0.39, 0.29) is 17.0 Å². The van der Waals surface area contributed by atoms with Gasteiger partial charge < -0.3 is 4.90 Å². The third-order valence-corrected chi connectivity index (χ3v) is 7.77. The molecule has 0 aliphatic carbocycles. The Labute approximate surface area is 160 Å². The highest BCUT2D eigenvalue weighted by Crippen LogP contribution is 2.29. The number of pyridine rings is 1. The molecule has 2 saturated heterocycles. The number of fused-ring (bicyclic) bond motifs is 1. The predicted octanol–water partition coefficient (Wildman–Crippen LogP) is 1.45. The number of sulfone groups is 1. The van der Waals surface area contributed by atoms with Gasteiger partial charge in [-0.2, -0.15) is 0 Å². The quantitative estimate of drug-likeness (QED) is 0.789. The van der Waals surface area contributed by atoms with Crippen LogP contribution >= 0.6 is 0 Å². The van der Waals surface area contributed by atoms with E-state index in [1.165, 1.54) is 0 Å². The van der Waals surface area contributed by atoms with Crippen LogP contribution in [0.4, 0.5) is 5.95 Å². The van der Waals surface area contributed by atoms with Crippen LogP contribution in [-0.4, -0.2) is 64.9 Å². The monoisotopic (exact) mass is 387 g/mol. The van der Waals surface area contributed by atoms with E-state index >= 15 is 0 Å². The molecule has 27 heavy (non-hydrogen) atoms. The van der Waals surface area contributed by atoms with E-state index in [0.29, 0.717) is 32.0 Å². The van der Waals surface area contributed by atoms with Crippen LogP contribution < -0.4 is 4.90 Å². The maximum Gasteiger partial charge on any atom is 0.225 e. The van der Waals surface area contributed by atoms with Crippen LogP contribution in [0.1, 0.15) is 24.2 Å². The van der Waals surface area contributed by atoms with E-state index in [9.17, 15) is 8.42 Å². The van der Waals surface area contributed by atoms with Gasteiger partial charge in [-0.1, -0.05) is 6.07 Å². The van der Waals surface area contributed by atoms with E-state index in [2.05, 4.69) is 24.8 Å². The van der Waals surface area contributed by atoms with Crippen molar-refractivity contribution in [1.29, 1.82) is 0 Å². The minimum atomic E-state index is -3.08. The molecule has 7 nitrogen and oxygen atoms in total. The molecule has 2 aromatic heterocycles. The first-order chi connectivity index (χ1) is 13.0. The Bertz CT molecular complexity index is 890. The number of aromatic nitrogens is 3. The van der Waals surface area contributed by atoms with Gasteiger partial charge in [-0.25, -0.2) is 18.4 Å². The summed E-state index contributed by atoms with van der Waals surface area (Å²) in [7, 11) is -3.08. The molecule has 0 amide bonds. The number of aryl methyl sites for hydroxylation is 1. The van der Waals surface area contributed by atoms with Crippen molar-refractivity contribution in [2.75, 3.05) is 30.3 Å². The highest BCUT2D eigenvalue weighted by Gasteiger charge is 2.43. The number of nitrogens with zero attached hydrogens (tertiary/aromatic N) is 5. The molecule has 2 fully saturated rings. The largest absolute Gasteiger partial charge is 0.341 e. The molecule has 0 bridgehead atoms. The summed E-state index contributed by atoms with van der Waals surface area (Å²) in [5.74, 6) is 0.905. The number of rotatable bonds is 3. The van der Waals surface area contributed by atoms with Crippen molar-refractivity contribution in [3.05, 3.63) is 48.0 Å². The first-order valence-electron chi connectivity index (χ1n) is 9.43. The van der Waals surface area contributed by atoms with Crippen LogP contribution in [-0.2, 0) is 16.4 Å². The molecule has 2 aromatic rings. The molecule has 8 heteroatoms. The third kappa shape index (κ3) is 3.96. The van der Waals surface area contributed by atoms with Crippen molar-refractivity contribution < 1.29 is 8.42 Å². The van der Waals surface area contributed by atoms with Gasteiger partial charge >= 0.3 is 0 Å². The van der Waals surface area contributed by atoms with E-state index in [1.807, 2.05) is 25.1 Å². The minimum absolute atomic E-state index is 0.0137. The zero-order chi connectivity index (χ0) is 18.9. The van der Waals surface area contributed by atoms with Crippen molar-refractivity contribution in [3.8, 4) is 0 Å². The van der Waals surface area contributed by atoms with Crippen LogP contribution in [0.15, 0.2) is 36.7 Å². The third-order valence-electron chi connectivity index (χ3n) is 5.55. The zero-order valence-corrected chi connectivity index (χ0v) is 16.3. The molecule has 0 spiro atoms. The average Bonchev–Trinajstić information content (AvgIpc) is 2.89. The fraction of sp³-hybridized carbons (Fsp3) is 0.526. The second-order valence-corrected chi connectivity index (χ2v) is 9.67. The lowest BCUT2D eigenvalue weighted by Gasteiger charge is -2.39. The summed E-state index contributed by atoms with van der Waals surface area (Å²) in [5, 5.41) is -0.329. The maximum atomic E-state index is 12.8. The Hall–Kier alpha value is -2.06. The summed E-state index contributed by atoms with van der Waals surface area (Å²) < 4.78 is 25.5. The van der Waals surface area contributed by atoms with E-state index < -0.39 is 9.84 Å². The van der Waals surface area contributed by atoms with Crippen molar-refractivity contribution >= 4 is 15.8 Å². The Morgan fingerprint density at radius 1 is 1.07 bits per heavy atom. The van der Waals surface area contributed by atoms with E-state index in [0.717, 1.165) is 24.4 Å².